The molecule has 3 heterocycles. The van der Waals surface area contributed by atoms with Gasteiger partial charge >= 0.3 is 0 Å². The average molecular weight is 393 g/mol. The van der Waals surface area contributed by atoms with Crippen LogP contribution in [0.3, 0.4) is 0 Å². The maximum Gasteiger partial charge on any atom is 0.163 e. The van der Waals surface area contributed by atoms with E-state index in [0.29, 0.717) is 53.5 Å². The maximum atomic E-state index is 14.5. The van der Waals surface area contributed by atoms with Crippen LogP contribution in [-0.4, -0.2) is 30.7 Å². The molecule has 2 saturated carbocycles. The van der Waals surface area contributed by atoms with Crippen LogP contribution in [0.25, 0.3) is 22.4 Å². The molecule has 29 heavy (non-hydrogen) atoms. The highest BCUT2D eigenvalue weighted by atomic mass is 19.1. The summed E-state index contributed by atoms with van der Waals surface area (Å²) in [6, 6.07) is 0. The molecule has 2 aliphatic rings. The second kappa shape index (κ2) is 7.61. The van der Waals surface area contributed by atoms with Crippen LogP contribution < -0.4 is 0 Å². The summed E-state index contributed by atoms with van der Waals surface area (Å²) in [5.74, 6) is 1.70. The van der Waals surface area contributed by atoms with Crippen molar-refractivity contribution in [2.45, 2.75) is 51.4 Å². The van der Waals surface area contributed by atoms with Gasteiger partial charge in [0.2, 0.25) is 0 Å². The number of halogens is 1. The molecule has 0 bridgehead atoms. The first-order valence-corrected chi connectivity index (χ1v) is 10.5. The molecular weight excluding hydrogens is 369 g/mol. The van der Waals surface area contributed by atoms with E-state index in [-0.39, 0.29) is 5.82 Å². The molecule has 6 nitrogen and oxygen atoms in total. The Hall–Kier alpha value is -2.70. The van der Waals surface area contributed by atoms with Crippen molar-refractivity contribution in [2.24, 2.45) is 17.8 Å². The minimum atomic E-state index is -0.360. The summed E-state index contributed by atoms with van der Waals surface area (Å²) in [5.41, 5.74) is 1.94. The normalized spacial score (nSPS) is 22.1. The number of hydrogen-bond donors (Lipinski definition) is 1. The number of aromatic nitrogens is 5. The Morgan fingerprint density at radius 3 is 2.86 bits per heavy atom. The third-order valence-electron chi connectivity index (χ3n) is 6.31. The number of carbonyl (C=O) groups is 1. The number of hydrogen-bond acceptors (Lipinski definition) is 5. The predicted octanol–water partition coefficient (Wildman–Crippen LogP) is 4.27. The topological polar surface area (TPSA) is 84.4 Å². The van der Waals surface area contributed by atoms with Crippen molar-refractivity contribution in [1.29, 1.82) is 0 Å². The molecule has 0 unspecified atom stereocenters. The van der Waals surface area contributed by atoms with Gasteiger partial charge in [-0.15, -0.1) is 0 Å². The zero-order valence-corrected chi connectivity index (χ0v) is 16.3. The molecular formula is C22H24FN5O. The summed E-state index contributed by atoms with van der Waals surface area (Å²) in [4.78, 5) is 32.3. The molecule has 2 aliphatic carbocycles. The Balaban J connectivity index is 1.33. The molecule has 3 aromatic rings. The van der Waals surface area contributed by atoms with Gasteiger partial charge in [-0.05, 0) is 37.5 Å². The number of ketones is 1. The first kappa shape index (κ1) is 18.3. The largest absolute Gasteiger partial charge is 0.345 e. The fourth-order valence-corrected chi connectivity index (χ4v) is 4.62. The van der Waals surface area contributed by atoms with Gasteiger partial charge in [0.25, 0.3) is 0 Å². The number of rotatable bonds is 6. The summed E-state index contributed by atoms with van der Waals surface area (Å²) in [6.07, 6.45) is 13.9. The summed E-state index contributed by atoms with van der Waals surface area (Å²) < 4.78 is 14.5. The van der Waals surface area contributed by atoms with E-state index in [1.165, 1.54) is 12.5 Å². The number of fused-ring (bicyclic) bond motifs is 1. The van der Waals surface area contributed by atoms with E-state index in [1.807, 2.05) is 0 Å². The second-order valence-corrected chi connectivity index (χ2v) is 8.52. The third-order valence-corrected chi connectivity index (χ3v) is 6.31. The molecule has 0 aromatic carbocycles. The highest BCUT2D eigenvalue weighted by molar-refractivity contribution is 5.90. The molecule has 150 valence electrons. The van der Waals surface area contributed by atoms with Gasteiger partial charge in [0.1, 0.15) is 17.8 Å². The van der Waals surface area contributed by atoms with Crippen molar-refractivity contribution in [1.82, 2.24) is 24.9 Å². The summed E-state index contributed by atoms with van der Waals surface area (Å²) in [6.45, 7) is 0. The lowest BCUT2D eigenvalue weighted by molar-refractivity contribution is -0.121. The van der Waals surface area contributed by atoms with Crippen LogP contribution in [0.4, 0.5) is 4.39 Å². The molecule has 0 spiro atoms. The highest BCUT2D eigenvalue weighted by Gasteiger charge is 2.32. The lowest BCUT2D eigenvalue weighted by atomic mass is 9.77. The van der Waals surface area contributed by atoms with Gasteiger partial charge in [-0.2, -0.15) is 0 Å². The standard InChI is InChI=1S/C22H24FN5O/c23-18-11-26-22(17-10-25-21-16(17)9-24-12-27-21)28-19(18)7-13-2-1-3-14(6-13)8-20(29)15-4-5-15/h9-15H,1-8H2,(H,24,25,27)/t13-,14+/m1/s1. The molecule has 5 rings (SSSR count). The predicted molar refractivity (Wildman–Crippen MR) is 106 cm³/mol. The average Bonchev–Trinajstić information content (AvgIpc) is 3.50. The summed E-state index contributed by atoms with van der Waals surface area (Å²) in [7, 11) is 0. The van der Waals surface area contributed by atoms with Gasteiger partial charge in [0.15, 0.2) is 11.6 Å². The minimum Gasteiger partial charge on any atom is -0.345 e. The Labute approximate surface area is 168 Å². The van der Waals surface area contributed by atoms with Crippen molar-refractivity contribution >= 4 is 16.8 Å². The van der Waals surface area contributed by atoms with Crippen LogP contribution in [0.1, 0.15) is 50.6 Å². The van der Waals surface area contributed by atoms with Gasteiger partial charge < -0.3 is 4.98 Å². The Morgan fingerprint density at radius 1 is 1.14 bits per heavy atom. The lowest BCUT2D eigenvalue weighted by Crippen LogP contribution is -2.21. The Kier molecular flexibility index (Phi) is 4.81. The van der Waals surface area contributed by atoms with Crippen molar-refractivity contribution in [3.8, 4) is 11.4 Å². The molecule has 0 radical (unpaired) electrons. The van der Waals surface area contributed by atoms with Crippen molar-refractivity contribution in [3.63, 3.8) is 0 Å². The Bertz CT molecular complexity index is 1040. The smallest absolute Gasteiger partial charge is 0.163 e. The van der Waals surface area contributed by atoms with Gasteiger partial charge in [0, 0.05) is 35.7 Å². The van der Waals surface area contributed by atoms with Crippen LogP contribution in [0.5, 0.6) is 0 Å². The lowest BCUT2D eigenvalue weighted by Gasteiger charge is -2.28. The van der Waals surface area contributed by atoms with E-state index < -0.39 is 0 Å². The zero-order valence-electron chi connectivity index (χ0n) is 16.3. The van der Waals surface area contributed by atoms with E-state index in [9.17, 15) is 9.18 Å². The number of nitrogens with one attached hydrogen (secondary N) is 1. The SMILES string of the molecule is O=C(C[C@H]1CCC[C@@H](Cc2nc(-c3c[nH]c4ncncc34)ncc2F)C1)C1CC1. The van der Waals surface area contributed by atoms with Crippen molar-refractivity contribution in [2.75, 3.05) is 0 Å². The van der Waals surface area contributed by atoms with Crippen LogP contribution in [0.2, 0.25) is 0 Å². The molecule has 2 atom stereocenters. The van der Waals surface area contributed by atoms with Crippen LogP contribution >= 0.6 is 0 Å². The van der Waals surface area contributed by atoms with Gasteiger partial charge in [0.05, 0.1) is 11.9 Å². The van der Waals surface area contributed by atoms with E-state index in [0.717, 1.165) is 49.5 Å². The molecule has 7 heteroatoms. The quantitative estimate of drug-likeness (QED) is 0.676. The van der Waals surface area contributed by atoms with Crippen molar-refractivity contribution < 1.29 is 9.18 Å². The van der Waals surface area contributed by atoms with Crippen LogP contribution in [-0.2, 0) is 11.2 Å². The number of Topliss-reactive ketones (excluding diaryl/α,β-unsaturated/α-hetero) is 1. The minimum absolute atomic E-state index is 0.331. The van der Waals surface area contributed by atoms with Gasteiger partial charge in [-0.1, -0.05) is 19.3 Å². The van der Waals surface area contributed by atoms with E-state index in [2.05, 4.69) is 24.9 Å². The van der Waals surface area contributed by atoms with Crippen LogP contribution in [0, 0.1) is 23.6 Å². The molecule has 3 aromatic heterocycles. The molecule has 1 N–H and O–H groups in total. The van der Waals surface area contributed by atoms with E-state index in [1.54, 1.807) is 12.4 Å². The number of nitrogens with zero attached hydrogens (tertiary/aromatic N) is 4. The molecule has 0 saturated heterocycles. The highest BCUT2D eigenvalue weighted by Crippen LogP contribution is 2.38. The summed E-state index contributed by atoms with van der Waals surface area (Å²) in [5, 5.41) is 0.821. The molecule has 0 amide bonds. The van der Waals surface area contributed by atoms with Gasteiger partial charge in [-0.3, -0.25) is 4.79 Å². The maximum absolute atomic E-state index is 14.5. The monoisotopic (exact) mass is 393 g/mol. The molecule has 0 aliphatic heterocycles. The fraction of sp³-hybridized carbons (Fsp3) is 0.500. The van der Waals surface area contributed by atoms with E-state index in [4.69, 9.17) is 0 Å². The zero-order chi connectivity index (χ0) is 19.8. The number of aromatic amines is 1. The first-order valence-electron chi connectivity index (χ1n) is 10.5. The van der Waals surface area contributed by atoms with Gasteiger partial charge in [-0.25, -0.2) is 24.3 Å². The summed E-state index contributed by atoms with van der Waals surface area (Å²) >= 11 is 0. The third kappa shape index (κ3) is 3.91. The Morgan fingerprint density at radius 2 is 2.00 bits per heavy atom. The fourth-order valence-electron chi connectivity index (χ4n) is 4.62. The van der Waals surface area contributed by atoms with Crippen LogP contribution in [0.15, 0.2) is 24.9 Å². The number of H-pyrrole nitrogens is 1. The number of carbonyl (C=O) groups excluding carboxylic acids is 1. The second-order valence-electron chi connectivity index (χ2n) is 8.52. The first-order chi connectivity index (χ1) is 14.2. The van der Waals surface area contributed by atoms with Crippen molar-refractivity contribution in [3.05, 3.63) is 36.4 Å². The molecule has 2 fully saturated rings. The van der Waals surface area contributed by atoms with E-state index >= 15 is 0 Å².